The van der Waals surface area contributed by atoms with Crippen molar-refractivity contribution in [2.45, 2.75) is 47.1 Å². The Morgan fingerprint density at radius 2 is 2.32 bits per heavy atom. The van der Waals surface area contributed by atoms with Gasteiger partial charge in [-0.2, -0.15) is 10.2 Å². The SMILES string of the molecule is Cc1cc(C)n(CC(=O)N/N=C/C2=CC[C@H]3C[C@H]2C3(C)C)n1. The molecule has 1 saturated carbocycles. The van der Waals surface area contributed by atoms with Crippen molar-refractivity contribution in [2.75, 3.05) is 0 Å². The van der Waals surface area contributed by atoms with Gasteiger partial charge in [0.05, 0.1) is 11.9 Å². The number of nitrogens with zero attached hydrogens (tertiary/aromatic N) is 3. The molecule has 1 amide bonds. The molecule has 4 rings (SSSR count). The number of carbonyl (C=O) groups excluding carboxylic acids is 1. The number of hydrogen-bond donors (Lipinski definition) is 1. The lowest BCUT2D eigenvalue weighted by atomic mass is 9.49. The van der Waals surface area contributed by atoms with Gasteiger partial charge in [-0.05, 0) is 55.6 Å². The van der Waals surface area contributed by atoms with Gasteiger partial charge in [-0.1, -0.05) is 19.9 Å². The average molecular weight is 300 g/mol. The van der Waals surface area contributed by atoms with Gasteiger partial charge in [0.25, 0.3) is 5.91 Å². The zero-order chi connectivity index (χ0) is 15.9. The van der Waals surface area contributed by atoms with Crippen molar-refractivity contribution in [3.05, 3.63) is 29.1 Å². The summed E-state index contributed by atoms with van der Waals surface area (Å²) in [4.78, 5) is 11.9. The third kappa shape index (κ3) is 2.60. The molecule has 5 nitrogen and oxygen atoms in total. The molecule has 1 N–H and O–H groups in total. The van der Waals surface area contributed by atoms with E-state index in [9.17, 15) is 4.79 Å². The Kier molecular flexibility index (Phi) is 3.67. The summed E-state index contributed by atoms with van der Waals surface area (Å²) in [6, 6.07) is 1.96. The van der Waals surface area contributed by atoms with E-state index in [2.05, 4.69) is 35.5 Å². The molecule has 0 radical (unpaired) electrons. The third-order valence-corrected chi connectivity index (χ3v) is 5.31. The number of carbonyl (C=O) groups is 1. The number of hydrogen-bond acceptors (Lipinski definition) is 3. The van der Waals surface area contributed by atoms with Gasteiger partial charge in [-0.15, -0.1) is 0 Å². The maximum Gasteiger partial charge on any atom is 0.261 e. The highest BCUT2D eigenvalue weighted by molar-refractivity contribution is 5.83. The minimum Gasteiger partial charge on any atom is -0.271 e. The molecule has 1 aromatic rings. The molecular weight excluding hydrogens is 276 g/mol. The van der Waals surface area contributed by atoms with Crippen molar-refractivity contribution in [1.82, 2.24) is 15.2 Å². The minimum absolute atomic E-state index is 0.149. The molecular formula is C17H24N4O. The van der Waals surface area contributed by atoms with Gasteiger partial charge in [0.15, 0.2) is 0 Å². The summed E-state index contributed by atoms with van der Waals surface area (Å²) in [7, 11) is 0. The number of amides is 1. The fourth-order valence-electron chi connectivity index (χ4n) is 3.73. The van der Waals surface area contributed by atoms with Crippen LogP contribution >= 0.6 is 0 Å². The number of hydrazone groups is 1. The summed E-state index contributed by atoms with van der Waals surface area (Å²) in [5, 5.41) is 8.41. The molecule has 0 aromatic carbocycles. The van der Waals surface area contributed by atoms with Crippen LogP contribution < -0.4 is 5.43 Å². The topological polar surface area (TPSA) is 59.3 Å². The molecule has 118 valence electrons. The van der Waals surface area contributed by atoms with E-state index in [-0.39, 0.29) is 12.5 Å². The van der Waals surface area contributed by atoms with Gasteiger partial charge in [0.1, 0.15) is 6.54 Å². The van der Waals surface area contributed by atoms with Crippen molar-refractivity contribution >= 4 is 12.1 Å². The van der Waals surface area contributed by atoms with E-state index in [4.69, 9.17) is 0 Å². The van der Waals surface area contributed by atoms with Crippen LogP contribution in [-0.2, 0) is 11.3 Å². The maximum atomic E-state index is 11.9. The highest BCUT2D eigenvalue weighted by Gasteiger charge is 2.50. The number of aromatic nitrogens is 2. The Balaban J connectivity index is 1.55. The van der Waals surface area contributed by atoms with Crippen molar-refractivity contribution in [3.8, 4) is 0 Å². The van der Waals surface area contributed by atoms with Crippen LogP contribution in [0.4, 0.5) is 0 Å². The molecule has 0 spiro atoms. The fraction of sp³-hybridized carbons (Fsp3) is 0.588. The lowest BCUT2D eigenvalue weighted by Crippen LogP contribution is -2.48. The highest BCUT2D eigenvalue weighted by atomic mass is 16.2. The largest absolute Gasteiger partial charge is 0.271 e. The summed E-state index contributed by atoms with van der Waals surface area (Å²) in [5.41, 5.74) is 6.15. The minimum atomic E-state index is -0.149. The zero-order valence-electron chi connectivity index (χ0n) is 13.8. The number of allylic oxidation sites excluding steroid dienone is 2. The smallest absolute Gasteiger partial charge is 0.261 e. The Morgan fingerprint density at radius 1 is 1.55 bits per heavy atom. The Morgan fingerprint density at radius 3 is 2.91 bits per heavy atom. The molecule has 2 bridgehead atoms. The zero-order valence-corrected chi connectivity index (χ0v) is 13.8. The van der Waals surface area contributed by atoms with E-state index in [1.165, 1.54) is 12.0 Å². The van der Waals surface area contributed by atoms with Crippen LogP contribution in [0.2, 0.25) is 0 Å². The van der Waals surface area contributed by atoms with Crippen molar-refractivity contribution in [1.29, 1.82) is 0 Å². The van der Waals surface area contributed by atoms with Gasteiger partial charge in [-0.25, -0.2) is 5.43 Å². The van der Waals surface area contributed by atoms with E-state index in [1.807, 2.05) is 26.1 Å². The molecule has 1 heterocycles. The van der Waals surface area contributed by atoms with E-state index >= 15 is 0 Å². The summed E-state index contributed by atoms with van der Waals surface area (Å²) >= 11 is 0. The van der Waals surface area contributed by atoms with Crippen LogP contribution in [-0.4, -0.2) is 21.9 Å². The second kappa shape index (κ2) is 5.38. The van der Waals surface area contributed by atoms with Gasteiger partial charge in [-0.3, -0.25) is 9.48 Å². The molecule has 1 aromatic heterocycles. The van der Waals surface area contributed by atoms with Crippen LogP contribution in [0, 0.1) is 31.1 Å². The molecule has 3 aliphatic rings. The van der Waals surface area contributed by atoms with Crippen molar-refractivity contribution < 1.29 is 4.79 Å². The van der Waals surface area contributed by atoms with E-state index in [0.29, 0.717) is 11.3 Å². The van der Waals surface area contributed by atoms with Crippen molar-refractivity contribution in [3.63, 3.8) is 0 Å². The van der Waals surface area contributed by atoms with Gasteiger partial charge < -0.3 is 0 Å². The summed E-state index contributed by atoms with van der Waals surface area (Å²) in [6.07, 6.45) is 6.47. The summed E-state index contributed by atoms with van der Waals surface area (Å²) in [6.45, 7) is 8.72. The third-order valence-electron chi connectivity index (χ3n) is 5.31. The van der Waals surface area contributed by atoms with Crippen LogP contribution in [0.15, 0.2) is 22.8 Å². The Bertz CT molecular complexity index is 654. The van der Waals surface area contributed by atoms with Crippen LogP contribution in [0.25, 0.3) is 0 Å². The monoisotopic (exact) mass is 300 g/mol. The van der Waals surface area contributed by atoms with Crippen LogP contribution in [0.3, 0.4) is 0 Å². The van der Waals surface area contributed by atoms with Crippen molar-refractivity contribution in [2.24, 2.45) is 22.4 Å². The second-order valence-corrected chi connectivity index (χ2v) is 7.12. The first kappa shape index (κ1) is 15.0. The first-order valence-electron chi connectivity index (χ1n) is 7.91. The van der Waals surface area contributed by atoms with E-state index in [0.717, 1.165) is 23.7 Å². The van der Waals surface area contributed by atoms with Crippen LogP contribution in [0.5, 0.6) is 0 Å². The highest BCUT2D eigenvalue weighted by Crippen LogP contribution is 2.58. The molecule has 3 aliphatic carbocycles. The quantitative estimate of drug-likeness (QED) is 0.686. The molecule has 22 heavy (non-hydrogen) atoms. The van der Waals surface area contributed by atoms with Gasteiger partial charge >= 0.3 is 0 Å². The standard InChI is InChI=1S/C17H24N4O/c1-11-7-12(2)21(20-11)10-16(22)19-18-9-13-5-6-14-8-15(13)17(14,3)4/h5,7,9,14-15H,6,8,10H2,1-4H3,(H,19,22)/b18-9+/t14-,15+/m0/s1. The molecule has 2 atom stereocenters. The summed E-state index contributed by atoms with van der Waals surface area (Å²) < 4.78 is 1.69. The Hall–Kier alpha value is -1.91. The number of aryl methyl sites for hydroxylation is 2. The van der Waals surface area contributed by atoms with E-state index in [1.54, 1.807) is 4.68 Å². The first-order valence-corrected chi connectivity index (χ1v) is 7.91. The maximum absolute atomic E-state index is 11.9. The molecule has 5 heteroatoms. The molecule has 0 aliphatic heterocycles. The van der Waals surface area contributed by atoms with Crippen LogP contribution in [0.1, 0.15) is 38.1 Å². The van der Waals surface area contributed by atoms with E-state index < -0.39 is 0 Å². The lowest BCUT2D eigenvalue weighted by molar-refractivity contribution is -0.121. The molecule has 0 saturated heterocycles. The first-order chi connectivity index (χ1) is 10.4. The molecule has 1 fully saturated rings. The number of nitrogens with one attached hydrogen (secondary N) is 1. The number of fused-ring (bicyclic) bond motifs is 1. The predicted octanol–water partition coefficient (Wildman–Crippen LogP) is 2.59. The fourth-order valence-corrected chi connectivity index (χ4v) is 3.73. The summed E-state index contributed by atoms with van der Waals surface area (Å²) in [5.74, 6) is 1.25. The van der Waals surface area contributed by atoms with Gasteiger partial charge in [0, 0.05) is 5.69 Å². The predicted molar refractivity (Wildman–Crippen MR) is 86.4 cm³/mol. The lowest BCUT2D eigenvalue weighted by Gasteiger charge is -2.55. The average Bonchev–Trinajstić information content (AvgIpc) is 2.76. The van der Waals surface area contributed by atoms with Gasteiger partial charge in [0.2, 0.25) is 0 Å². The number of rotatable bonds is 4. The second-order valence-electron chi connectivity index (χ2n) is 7.12. The molecule has 0 unspecified atom stereocenters. The normalized spacial score (nSPS) is 25.7. The Labute approximate surface area is 131 Å².